The van der Waals surface area contributed by atoms with Crippen LogP contribution in [0.25, 0.3) is 0 Å². The second-order valence-corrected chi connectivity index (χ2v) is 4.38. The molecular formula is C11H13BrFNO2. The van der Waals surface area contributed by atoms with Gasteiger partial charge in [-0.3, -0.25) is 4.79 Å². The van der Waals surface area contributed by atoms with Crippen LogP contribution in [0, 0.1) is 5.82 Å². The van der Waals surface area contributed by atoms with Crippen molar-refractivity contribution in [3.05, 3.63) is 34.1 Å². The predicted octanol–water partition coefficient (Wildman–Crippen LogP) is 2.09. The van der Waals surface area contributed by atoms with E-state index in [1.807, 2.05) is 0 Å². The van der Waals surface area contributed by atoms with E-state index in [9.17, 15) is 9.18 Å². The molecule has 16 heavy (non-hydrogen) atoms. The molecule has 0 bridgehead atoms. The van der Waals surface area contributed by atoms with E-state index in [1.165, 1.54) is 18.2 Å². The van der Waals surface area contributed by atoms with Crippen LogP contribution in [0.4, 0.5) is 4.39 Å². The third kappa shape index (κ3) is 3.90. The molecule has 0 saturated heterocycles. The zero-order valence-corrected chi connectivity index (χ0v) is 10.4. The van der Waals surface area contributed by atoms with Gasteiger partial charge in [-0.05, 0) is 47.5 Å². The molecule has 1 atom stereocenters. The van der Waals surface area contributed by atoms with E-state index in [2.05, 4.69) is 21.2 Å². The van der Waals surface area contributed by atoms with Gasteiger partial charge >= 0.3 is 0 Å². The highest BCUT2D eigenvalue weighted by Gasteiger charge is 2.08. The maximum absolute atomic E-state index is 13.1. The van der Waals surface area contributed by atoms with E-state index in [0.29, 0.717) is 17.4 Å². The molecule has 0 radical (unpaired) electrons. The van der Waals surface area contributed by atoms with Gasteiger partial charge in [-0.2, -0.15) is 0 Å². The summed E-state index contributed by atoms with van der Waals surface area (Å²) in [5.74, 6) is -0.810. The largest absolute Gasteiger partial charge is 0.393 e. The van der Waals surface area contributed by atoms with Gasteiger partial charge in [-0.1, -0.05) is 0 Å². The van der Waals surface area contributed by atoms with Crippen molar-refractivity contribution in [2.45, 2.75) is 19.4 Å². The number of aliphatic hydroxyl groups excluding tert-OH is 1. The minimum atomic E-state index is -0.469. The lowest BCUT2D eigenvalue weighted by Gasteiger charge is -2.07. The Balaban J connectivity index is 2.56. The van der Waals surface area contributed by atoms with Crippen molar-refractivity contribution < 1.29 is 14.3 Å². The normalized spacial score (nSPS) is 12.2. The molecule has 0 aromatic heterocycles. The van der Waals surface area contributed by atoms with Crippen molar-refractivity contribution in [3.63, 3.8) is 0 Å². The van der Waals surface area contributed by atoms with Crippen molar-refractivity contribution in [1.29, 1.82) is 0 Å². The number of benzene rings is 1. The lowest BCUT2D eigenvalue weighted by atomic mass is 10.2. The van der Waals surface area contributed by atoms with Gasteiger partial charge < -0.3 is 10.4 Å². The summed E-state index contributed by atoms with van der Waals surface area (Å²) < 4.78 is 13.4. The molecule has 2 N–H and O–H groups in total. The number of aliphatic hydroxyl groups is 1. The van der Waals surface area contributed by atoms with Crippen molar-refractivity contribution in [3.8, 4) is 0 Å². The Morgan fingerprint density at radius 2 is 2.31 bits per heavy atom. The third-order valence-electron chi connectivity index (χ3n) is 2.03. The highest BCUT2D eigenvalue weighted by Crippen LogP contribution is 2.16. The molecule has 1 unspecified atom stereocenters. The van der Waals surface area contributed by atoms with Crippen LogP contribution in [-0.4, -0.2) is 23.7 Å². The first-order valence-corrected chi connectivity index (χ1v) is 5.71. The molecule has 0 spiro atoms. The second kappa shape index (κ2) is 5.96. The molecular weight excluding hydrogens is 277 g/mol. The quantitative estimate of drug-likeness (QED) is 0.892. The average Bonchev–Trinajstić information content (AvgIpc) is 2.21. The Morgan fingerprint density at radius 3 is 2.88 bits per heavy atom. The average molecular weight is 290 g/mol. The van der Waals surface area contributed by atoms with Gasteiger partial charge in [0, 0.05) is 12.1 Å². The zero-order chi connectivity index (χ0) is 12.1. The van der Waals surface area contributed by atoms with Crippen LogP contribution in [0.2, 0.25) is 0 Å². The van der Waals surface area contributed by atoms with E-state index in [4.69, 9.17) is 5.11 Å². The Bertz CT molecular complexity index is 382. The topological polar surface area (TPSA) is 49.3 Å². The summed E-state index contributed by atoms with van der Waals surface area (Å²) in [4.78, 5) is 11.5. The van der Waals surface area contributed by atoms with Crippen LogP contribution in [-0.2, 0) is 0 Å². The van der Waals surface area contributed by atoms with E-state index >= 15 is 0 Å². The monoisotopic (exact) mass is 289 g/mol. The number of halogens is 2. The Morgan fingerprint density at radius 1 is 1.62 bits per heavy atom. The standard InChI is InChI=1S/C11H13BrFNO2/c1-7(15)4-5-14-11(16)8-2-3-9(12)10(13)6-8/h2-3,6-7,15H,4-5H2,1H3,(H,14,16). The fourth-order valence-electron chi connectivity index (χ4n) is 1.13. The molecule has 0 aliphatic heterocycles. The van der Waals surface area contributed by atoms with E-state index < -0.39 is 11.9 Å². The summed E-state index contributed by atoms with van der Waals surface area (Å²) in [6, 6.07) is 4.19. The van der Waals surface area contributed by atoms with Crippen LogP contribution in [0.5, 0.6) is 0 Å². The second-order valence-electron chi connectivity index (χ2n) is 3.52. The first-order chi connectivity index (χ1) is 7.50. The smallest absolute Gasteiger partial charge is 0.251 e. The third-order valence-corrected chi connectivity index (χ3v) is 2.67. The zero-order valence-electron chi connectivity index (χ0n) is 8.84. The summed E-state index contributed by atoms with van der Waals surface area (Å²) >= 11 is 3.01. The molecule has 1 rings (SSSR count). The lowest BCUT2D eigenvalue weighted by Crippen LogP contribution is -2.26. The minimum absolute atomic E-state index is 0.270. The predicted molar refractivity (Wildman–Crippen MR) is 62.7 cm³/mol. The molecule has 0 aliphatic rings. The molecule has 3 nitrogen and oxygen atoms in total. The summed E-state index contributed by atoms with van der Waals surface area (Å²) in [6.07, 6.45) is 0.0204. The Hall–Kier alpha value is -0.940. The van der Waals surface area contributed by atoms with E-state index in [-0.39, 0.29) is 11.5 Å². The summed E-state index contributed by atoms with van der Waals surface area (Å²) in [5.41, 5.74) is 0.270. The van der Waals surface area contributed by atoms with Crippen molar-refractivity contribution in [2.75, 3.05) is 6.54 Å². The molecule has 0 heterocycles. The van der Waals surface area contributed by atoms with Gasteiger partial charge in [0.25, 0.3) is 5.91 Å². The maximum Gasteiger partial charge on any atom is 0.251 e. The van der Waals surface area contributed by atoms with Gasteiger partial charge in [0.05, 0.1) is 10.6 Å². The number of carbonyl (C=O) groups excluding carboxylic acids is 1. The fraction of sp³-hybridized carbons (Fsp3) is 0.364. The highest BCUT2D eigenvalue weighted by molar-refractivity contribution is 9.10. The van der Waals surface area contributed by atoms with Crippen molar-refractivity contribution in [2.24, 2.45) is 0 Å². The molecule has 5 heteroatoms. The first kappa shape index (κ1) is 13.1. The van der Waals surface area contributed by atoms with Gasteiger partial charge in [0.2, 0.25) is 0 Å². The number of amides is 1. The van der Waals surface area contributed by atoms with Gasteiger partial charge in [0.1, 0.15) is 5.82 Å². The van der Waals surface area contributed by atoms with Gasteiger partial charge in [-0.25, -0.2) is 4.39 Å². The van der Waals surface area contributed by atoms with Crippen LogP contribution < -0.4 is 5.32 Å². The number of hydrogen-bond acceptors (Lipinski definition) is 2. The number of carbonyl (C=O) groups is 1. The fourth-order valence-corrected chi connectivity index (χ4v) is 1.38. The van der Waals surface area contributed by atoms with Crippen molar-refractivity contribution in [1.82, 2.24) is 5.32 Å². The van der Waals surface area contributed by atoms with Crippen LogP contribution in [0.3, 0.4) is 0 Å². The molecule has 88 valence electrons. The Kier molecular flexibility index (Phi) is 4.89. The first-order valence-electron chi connectivity index (χ1n) is 4.92. The number of nitrogens with one attached hydrogen (secondary N) is 1. The van der Waals surface area contributed by atoms with Crippen LogP contribution in [0.15, 0.2) is 22.7 Å². The molecule has 1 aromatic carbocycles. The lowest BCUT2D eigenvalue weighted by molar-refractivity contribution is 0.0945. The van der Waals surface area contributed by atoms with Crippen molar-refractivity contribution >= 4 is 21.8 Å². The summed E-state index contributed by atoms with van der Waals surface area (Å²) in [6.45, 7) is 2.01. The molecule has 1 amide bonds. The molecule has 0 saturated carbocycles. The van der Waals surface area contributed by atoms with E-state index in [1.54, 1.807) is 6.92 Å². The van der Waals surface area contributed by atoms with Crippen LogP contribution >= 0.6 is 15.9 Å². The molecule has 0 fully saturated rings. The number of hydrogen-bond donors (Lipinski definition) is 2. The molecule has 1 aromatic rings. The molecule has 0 aliphatic carbocycles. The van der Waals surface area contributed by atoms with E-state index in [0.717, 1.165) is 0 Å². The summed E-state index contributed by atoms with van der Waals surface area (Å²) in [5, 5.41) is 11.6. The van der Waals surface area contributed by atoms with Crippen LogP contribution in [0.1, 0.15) is 23.7 Å². The maximum atomic E-state index is 13.1. The minimum Gasteiger partial charge on any atom is -0.393 e. The van der Waals surface area contributed by atoms with Gasteiger partial charge in [-0.15, -0.1) is 0 Å². The summed E-state index contributed by atoms with van der Waals surface area (Å²) in [7, 11) is 0. The Labute approximate surface area is 102 Å². The van der Waals surface area contributed by atoms with Gasteiger partial charge in [0.15, 0.2) is 0 Å². The highest BCUT2D eigenvalue weighted by atomic mass is 79.9. The number of rotatable bonds is 4. The SMILES string of the molecule is CC(O)CCNC(=O)c1ccc(Br)c(F)c1.